The summed E-state index contributed by atoms with van der Waals surface area (Å²) in [4.78, 5) is 0. The van der Waals surface area contributed by atoms with Gasteiger partial charge in [0.1, 0.15) is 0 Å². The van der Waals surface area contributed by atoms with Gasteiger partial charge in [0, 0.05) is 12.5 Å². The molecule has 1 aromatic carbocycles. The Labute approximate surface area is 121 Å². The number of ether oxygens (including phenoxy) is 2. The maximum Gasteiger partial charge on any atom is 0.161 e. The van der Waals surface area contributed by atoms with Crippen LogP contribution in [-0.2, 0) is 0 Å². The third-order valence-corrected chi connectivity index (χ3v) is 5.41. The average molecular weight is 275 g/mol. The van der Waals surface area contributed by atoms with E-state index in [-0.39, 0.29) is 5.41 Å². The van der Waals surface area contributed by atoms with Gasteiger partial charge in [-0.1, -0.05) is 19.9 Å². The molecule has 110 valence electrons. The van der Waals surface area contributed by atoms with Crippen LogP contribution in [0.3, 0.4) is 0 Å². The third-order valence-electron chi connectivity index (χ3n) is 5.41. The molecule has 0 spiro atoms. The van der Waals surface area contributed by atoms with Crippen LogP contribution in [0.25, 0.3) is 0 Å². The fraction of sp³-hybridized carbons (Fsp3) is 0.647. The van der Waals surface area contributed by atoms with E-state index in [1.165, 1.54) is 5.56 Å². The molecule has 1 aliphatic heterocycles. The summed E-state index contributed by atoms with van der Waals surface area (Å²) in [5, 5.41) is 0. The molecule has 0 radical (unpaired) electrons. The summed E-state index contributed by atoms with van der Waals surface area (Å²) in [6.07, 6.45) is 4.32. The Balaban J connectivity index is 1.90. The van der Waals surface area contributed by atoms with Crippen molar-refractivity contribution in [2.24, 2.45) is 11.1 Å². The van der Waals surface area contributed by atoms with Crippen LogP contribution in [0.2, 0.25) is 0 Å². The molecule has 1 aliphatic carbocycles. The molecule has 0 bridgehead atoms. The van der Waals surface area contributed by atoms with Crippen LogP contribution in [-0.4, -0.2) is 19.3 Å². The molecule has 1 aromatic rings. The molecule has 0 saturated heterocycles. The van der Waals surface area contributed by atoms with Crippen molar-refractivity contribution >= 4 is 0 Å². The van der Waals surface area contributed by atoms with E-state index in [0.717, 1.165) is 50.4 Å². The van der Waals surface area contributed by atoms with Gasteiger partial charge in [-0.25, -0.2) is 0 Å². The summed E-state index contributed by atoms with van der Waals surface area (Å²) in [5.74, 6) is 2.35. The molecule has 2 unspecified atom stereocenters. The molecule has 3 heteroatoms. The van der Waals surface area contributed by atoms with Gasteiger partial charge >= 0.3 is 0 Å². The largest absolute Gasteiger partial charge is 0.490 e. The summed E-state index contributed by atoms with van der Waals surface area (Å²) >= 11 is 0. The lowest BCUT2D eigenvalue weighted by molar-refractivity contribution is 0.0436. The first kappa shape index (κ1) is 13.7. The molecule has 1 heterocycles. The van der Waals surface area contributed by atoms with Crippen LogP contribution in [0.1, 0.15) is 51.0 Å². The number of nitrogens with two attached hydrogens (primary N) is 1. The van der Waals surface area contributed by atoms with Crippen molar-refractivity contribution in [2.75, 3.05) is 13.2 Å². The highest BCUT2D eigenvalue weighted by molar-refractivity contribution is 5.45. The standard InChI is InChI=1S/C17H25NO2/c1-3-17(4-2)13(11-16(17)18)12-6-7-14-15(10-12)20-9-5-8-19-14/h6-7,10,13,16H,3-5,8-9,11,18H2,1-2H3. The Morgan fingerprint density at radius 3 is 2.50 bits per heavy atom. The number of fused-ring (bicyclic) bond motifs is 1. The van der Waals surface area contributed by atoms with E-state index in [4.69, 9.17) is 15.2 Å². The lowest BCUT2D eigenvalue weighted by Crippen LogP contribution is -2.55. The summed E-state index contributed by atoms with van der Waals surface area (Å²) in [7, 11) is 0. The molecule has 3 nitrogen and oxygen atoms in total. The van der Waals surface area contributed by atoms with Gasteiger partial charge in [-0.3, -0.25) is 0 Å². The summed E-state index contributed by atoms with van der Waals surface area (Å²) in [5.41, 5.74) is 7.94. The van der Waals surface area contributed by atoms with Gasteiger partial charge < -0.3 is 15.2 Å². The zero-order valence-corrected chi connectivity index (χ0v) is 12.5. The van der Waals surface area contributed by atoms with Crippen molar-refractivity contribution in [3.63, 3.8) is 0 Å². The van der Waals surface area contributed by atoms with Crippen LogP contribution in [0.5, 0.6) is 11.5 Å². The van der Waals surface area contributed by atoms with E-state index < -0.39 is 0 Å². The molecule has 20 heavy (non-hydrogen) atoms. The van der Waals surface area contributed by atoms with E-state index in [1.807, 2.05) is 0 Å². The zero-order chi connectivity index (χ0) is 14.2. The second kappa shape index (κ2) is 5.28. The lowest BCUT2D eigenvalue weighted by atomic mass is 9.52. The fourth-order valence-corrected chi connectivity index (χ4v) is 3.95. The molecule has 2 atom stereocenters. The minimum absolute atomic E-state index is 0.264. The van der Waals surface area contributed by atoms with Gasteiger partial charge in [-0.15, -0.1) is 0 Å². The minimum Gasteiger partial charge on any atom is -0.490 e. The van der Waals surface area contributed by atoms with E-state index >= 15 is 0 Å². The van der Waals surface area contributed by atoms with Crippen molar-refractivity contribution in [3.05, 3.63) is 23.8 Å². The predicted octanol–water partition coefficient (Wildman–Crippen LogP) is 3.47. The zero-order valence-electron chi connectivity index (χ0n) is 12.5. The van der Waals surface area contributed by atoms with E-state index in [2.05, 4.69) is 32.0 Å². The number of hydrogen-bond acceptors (Lipinski definition) is 3. The van der Waals surface area contributed by atoms with Gasteiger partial charge in [0.15, 0.2) is 11.5 Å². The van der Waals surface area contributed by atoms with Crippen LogP contribution >= 0.6 is 0 Å². The van der Waals surface area contributed by atoms with Gasteiger partial charge in [-0.2, -0.15) is 0 Å². The van der Waals surface area contributed by atoms with Crippen LogP contribution < -0.4 is 15.2 Å². The second-order valence-electron chi connectivity index (χ2n) is 6.09. The van der Waals surface area contributed by atoms with E-state index in [1.54, 1.807) is 0 Å². The SMILES string of the molecule is CCC1(CC)C(N)CC1c1ccc2c(c1)OCCCO2. The van der Waals surface area contributed by atoms with Crippen LogP contribution in [0, 0.1) is 5.41 Å². The molecule has 2 N–H and O–H groups in total. The third kappa shape index (κ3) is 1.99. The Hall–Kier alpha value is -1.22. The number of hydrogen-bond donors (Lipinski definition) is 1. The first-order valence-corrected chi connectivity index (χ1v) is 7.86. The summed E-state index contributed by atoms with van der Waals surface area (Å²) in [6, 6.07) is 6.77. The fourth-order valence-electron chi connectivity index (χ4n) is 3.95. The average Bonchev–Trinajstić information content (AvgIpc) is 2.70. The molecular formula is C17H25NO2. The molecule has 1 fully saturated rings. The number of benzene rings is 1. The molecule has 3 rings (SSSR count). The van der Waals surface area contributed by atoms with Crippen molar-refractivity contribution in [1.82, 2.24) is 0 Å². The summed E-state index contributed by atoms with van der Waals surface area (Å²) < 4.78 is 11.5. The summed E-state index contributed by atoms with van der Waals surface area (Å²) in [6.45, 7) is 6.01. The molecule has 0 aromatic heterocycles. The Morgan fingerprint density at radius 1 is 1.15 bits per heavy atom. The smallest absolute Gasteiger partial charge is 0.161 e. The first-order valence-electron chi connectivity index (χ1n) is 7.86. The Kier molecular flexibility index (Phi) is 3.63. The maximum atomic E-state index is 6.31. The predicted molar refractivity (Wildman–Crippen MR) is 80.4 cm³/mol. The topological polar surface area (TPSA) is 44.5 Å². The van der Waals surface area contributed by atoms with Crippen molar-refractivity contribution in [2.45, 2.75) is 51.5 Å². The quantitative estimate of drug-likeness (QED) is 0.918. The van der Waals surface area contributed by atoms with Gasteiger partial charge in [-0.05, 0) is 48.3 Å². The van der Waals surface area contributed by atoms with Gasteiger partial charge in [0.05, 0.1) is 13.2 Å². The van der Waals surface area contributed by atoms with E-state index in [9.17, 15) is 0 Å². The lowest BCUT2D eigenvalue weighted by Gasteiger charge is -2.55. The highest BCUT2D eigenvalue weighted by Crippen LogP contribution is 2.57. The minimum atomic E-state index is 0.264. The van der Waals surface area contributed by atoms with Crippen molar-refractivity contribution in [1.29, 1.82) is 0 Å². The van der Waals surface area contributed by atoms with Crippen molar-refractivity contribution < 1.29 is 9.47 Å². The molecular weight excluding hydrogens is 250 g/mol. The highest BCUT2D eigenvalue weighted by Gasteiger charge is 2.51. The first-order chi connectivity index (χ1) is 9.71. The van der Waals surface area contributed by atoms with Crippen LogP contribution in [0.4, 0.5) is 0 Å². The Bertz CT molecular complexity index is 482. The van der Waals surface area contributed by atoms with E-state index in [0.29, 0.717) is 12.0 Å². The monoisotopic (exact) mass is 275 g/mol. The van der Waals surface area contributed by atoms with Crippen molar-refractivity contribution in [3.8, 4) is 11.5 Å². The molecule has 0 amide bonds. The Morgan fingerprint density at radius 2 is 1.85 bits per heavy atom. The normalized spacial score (nSPS) is 27.6. The van der Waals surface area contributed by atoms with Crippen LogP contribution in [0.15, 0.2) is 18.2 Å². The van der Waals surface area contributed by atoms with Gasteiger partial charge in [0.2, 0.25) is 0 Å². The number of rotatable bonds is 3. The molecule has 1 saturated carbocycles. The molecule has 2 aliphatic rings. The maximum absolute atomic E-state index is 6.31. The van der Waals surface area contributed by atoms with Gasteiger partial charge in [0.25, 0.3) is 0 Å². The highest BCUT2D eigenvalue weighted by atomic mass is 16.5. The second-order valence-corrected chi connectivity index (χ2v) is 6.09.